The van der Waals surface area contributed by atoms with E-state index in [-0.39, 0.29) is 5.95 Å². The fourth-order valence-electron chi connectivity index (χ4n) is 2.08. The van der Waals surface area contributed by atoms with Crippen molar-refractivity contribution in [3.8, 4) is 11.6 Å². The zero-order valence-electron chi connectivity index (χ0n) is 10.1. The van der Waals surface area contributed by atoms with Crippen LogP contribution < -0.4 is 15.8 Å². The van der Waals surface area contributed by atoms with Crippen LogP contribution in [0.15, 0.2) is 24.3 Å². The lowest BCUT2D eigenvalue weighted by molar-refractivity contribution is 0.461. The van der Waals surface area contributed by atoms with Crippen molar-refractivity contribution in [2.75, 3.05) is 17.6 Å². The van der Waals surface area contributed by atoms with Gasteiger partial charge in [0.25, 0.3) is 0 Å². The molecule has 0 saturated carbocycles. The number of hydrogen-bond donors (Lipinski definition) is 2. The highest BCUT2D eigenvalue weighted by molar-refractivity contribution is 5.58. The first kappa shape index (κ1) is 10.8. The molecule has 5 heteroatoms. The number of nitrogens with one attached hydrogen (secondary N) is 1. The molecule has 0 spiro atoms. The maximum Gasteiger partial charge on any atom is 0.224 e. The van der Waals surface area contributed by atoms with Crippen LogP contribution in [-0.4, -0.2) is 16.5 Å². The maximum atomic E-state index is 5.71. The fourth-order valence-corrected chi connectivity index (χ4v) is 2.08. The van der Waals surface area contributed by atoms with Crippen LogP contribution in [0.3, 0.4) is 0 Å². The van der Waals surface area contributed by atoms with Crippen LogP contribution in [0.4, 0.5) is 11.6 Å². The van der Waals surface area contributed by atoms with Crippen molar-refractivity contribution in [2.45, 2.75) is 13.3 Å². The highest BCUT2D eigenvalue weighted by Gasteiger charge is 2.11. The number of aromatic nitrogens is 2. The first-order valence-corrected chi connectivity index (χ1v) is 5.86. The van der Waals surface area contributed by atoms with E-state index < -0.39 is 0 Å². The van der Waals surface area contributed by atoms with Gasteiger partial charge in [0.2, 0.25) is 11.8 Å². The van der Waals surface area contributed by atoms with E-state index in [1.807, 2.05) is 25.1 Å². The SMILES string of the molecule is Cc1cc(Oc2ccc3c(c2)CCN3)nc(N)n1. The second kappa shape index (κ2) is 4.18. The summed E-state index contributed by atoms with van der Waals surface area (Å²) < 4.78 is 5.71. The van der Waals surface area contributed by atoms with Gasteiger partial charge in [0.05, 0.1) is 0 Å². The maximum absolute atomic E-state index is 5.71. The van der Waals surface area contributed by atoms with E-state index in [9.17, 15) is 0 Å². The molecule has 0 saturated heterocycles. The Balaban J connectivity index is 1.88. The summed E-state index contributed by atoms with van der Waals surface area (Å²) in [4.78, 5) is 8.06. The molecule has 1 aromatic heterocycles. The van der Waals surface area contributed by atoms with Gasteiger partial charge in [-0.15, -0.1) is 0 Å². The predicted octanol–water partition coefficient (Wildman–Crippen LogP) is 2.13. The predicted molar refractivity (Wildman–Crippen MR) is 69.9 cm³/mol. The van der Waals surface area contributed by atoms with Gasteiger partial charge in [0, 0.05) is 24.0 Å². The lowest BCUT2D eigenvalue weighted by atomic mass is 10.1. The average molecular weight is 242 g/mol. The number of fused-ring (bicyclic) bond motifs is 1. The van der Waals surface area contributed by atoms with Crippen molar-refractivity contribution in [2.24, 2.45) is 0 Å². The monoisotopic (exact) mass is 242 g/mol. The number of hydrogen-bond acceptors (Lipinski definition) is 5. The summed E-state index contributed by atoms with van der Waals surface area (Å²) in [6.45, 7) is 2.84. The van der Waals surface area contributed by atoms with E-state index in [0.29, 0.717) is 5.88 Å². The number of nitrogens with two attached hydrogens (primary N) is 1. The van der Waals surface area contributed by atoms with Crippen LogP contribution >= 0.6 is 0 Å². The Morgan fingerprint density at radius 1 is 1.28 bits per heavy atom. The lowest BCUT2D eigenvalue weighted by Crippen LogP contribution is -1.98. The summed E-state index contributed by atoms with van der Waals surface area (Å²) >= 11 is 0. The molecule has 0 aliphatic carbocycles. The second-order valence-corrected chi connectivity index (χ2v) is 4.30. The zero-order chi connectivity index (χ0) is 12.5. The highest BCUT2D eigenvalue weighted by Crippen LogP contribution is 2.29. The zero-order valence-corrected chi connectivity index (χ0v) is 10.1. The van der Waals surface area contributed by atoms with Crippen molar-refractivity contribution >= 4 is 11.6 Å². The third-order valence-electron chi connectivity index (χ3n) is 2.86. The summed E-state index contributed by atoms with van der Waals surface area (Å²) in [5, 5.41) is 3.31. The molecule has 0 bridgehead atoms. The molecule has 2 aromatic rings. The van der Waals surface area contributed by atoms with Gasteiger partial charge in [-0.2, -0.15) is 4.98 Å². The van der Waals surface area contributed by atoms with Crippen molar-refractivity contribution in [1.29, 1.82) is 0 Å². The first-order chi connectivity index (χ1) is 8.70. The average Bonchev–Trinajstić information content (AvgIpc) is 2.74. The minimum atomic E-state index is 0.229. The molecule has 0 amide bonds. The van der Waals surface area contributed by atoms with Gasteiger partial charge < -0.3 is 15.8 Å². The number of anilines is 2. The van der Waals surface area contributed by atoms with E-state index in [2.05, 4.69) is 15.3 Å². The lowest BCUT2D eigenvalue weighted by Gasteiger charge is -2.07. The Kier molecular flexibility index (Phi) is 2.51. The van der Waals surface area contributed by atoms with E-state index in [1.54, 1.807) is 6.07 Å². The van der Waals surface area contributed by atoms with Crippen LogP contribution in [0.25, 0.3) is 0 Å². The molecule has 0 radical (unpaired) electrons. The van der Waals surface area contributed by atoms with Crippen LogP contribution in [0, 0.1) is 6.92 Å². The number of nitrogens with zero attached hydrogens (tertiary/aromatic N) is 2. The molecule has 18 heavy (non-hydrogen) atoms. The van der Waals surface area contributed by atoms with Crippen LogP contribution in [0.1, 0.15) is 11.3 Å². The Labute approximate surface area is 105 Å². The van der Waals surface area contributed by atoms with E-state index in [0.717, 1.165) is 24.4 Å². The minimum absolute atomic E-state index is 0.229. The first-order valence-electron chi connectivity index (χ1n) is 5.86. The van der Waals surface area contributed by atoms with E-state index in [4.69, 9.17) is 10.5 Å². The summed E-state index contributed by atoms with van der Waals surface area (Å²) in [7, 11) is 0. The molecule has 1 aromatic carbocycles. The molecule has 3 N–H and O–H groups in total. The highest BCUT2D eigenvalue weighted by atomic mass is 16.5. The fraction of sp³-hybridized carbons (Fsp3) is 0.231. The Hall–Kier alpha value is -2.30. The molecular weight excluding hydrogens is 228 g/mol. The topological polar surface area (TPSA) is 73.1 Å². The molecule has 5 nitrogen and oxygen atoms in total. The third kappa shape index (κ3) is 2.07. The van der Waals surface area contributed by atoms with Gasteiger partial charge in [-0.05, 0) is 37.1 Å². The van der Waals surface area contributed by atoms with Crippen LogP contribution in [-0.2, 0) is 6.42 Å². The molecular formula is C13H14N4O. The van der Waals surface area contributed by atoms with Crippen molar-refractivity contribution < 1.29 is 4.74 Å². The molecule has 92 valence electrons. The Bertz CT molecular complexity index is 577. The number of nitrogen functional groups attached to an aromatic ring is 1. The smallest absolute Gasteiger partial charge is 0.224 e. The minimum Gasteiger partial charge on any atom is -0.439 e. The molecule has 0 fully saturated rings. The van der Waals surface area contributed by atoms with Crippen molar-refractivity contribution in [1.82, 2.24) is 9.97 Å². The third-order valence-corrected chi connectivity index (χ3v) is 2.86. The van der Waals surface area contributed by atoms with Crippen LogP contribution in [0.5, 0.6) is 11.6 Å². The molecule has 1 aliphatic rings. The van der Waals surface area contributed by atoms with E-state index >= 15 is 0 Å². The summed E-state index contributed by atoms with van der Waals surface area (Å²) in [5.41, 5.74) is 8.83. The normalized spacial score (nSPS) is 12.9. The standard InChI is InChI=1S/C13H14N4O/c1-8-6-12(17-13(14)16-8)18-10-2-3-11-9(7-10)4-5-15-11/h2-3,6-7,15H,4-5H2,1H3,(H2,14,16,17). The number of benzene rings is 1. The van der Waals surface area contributed by atoms with E-state index in [1.165, 1.54) is 11.3 Å². The summed E-state index contributed by atoms with van der Waals surface area (Å²) in [6, 6.07) is 7.74. The number of aryl methyl sites for hydroxylation is 1. The van der Waals surface area contributed by atoms with Gasteiger partial charge in [-0.25, -0.2) is 4.98 Å². The second-order valence-electron chi connectivity index (χ2n) is 4.30. The van der Waals surface area contributed by atoms with Crippen LogP contribution in [0.2, 0.25) is 0 Å². The Morgan fingerprint density at radius 2 is 2.17 bits per heavy atom. The summed E-state index contributed by atoms with van der Waals surface area (Å²) in [5.74, 6) is 1.48. The molecule has 0 atom stereocenters. The van der Waals surface area contributed by atoms with Gasteiger partial charge in [0.15, 0.2) is 0 Å². The summed E-state index contributed by atoms with van der Waals surface area (Å²) in [6.07, 6.45) is 1.03. The quantitative estimate of drug-likeness (QED) is 0.844. The van der Waals surface area contributed by atoms with Crippen molar-refractivity contribution in [3.63, 3.8) is 0 Å². The number of ether oxygens (including phenoxy) is 1. The van der Waals surface area contributed by atoms with Gasteiger partial charge in [-0.1, -0.05) is 0 Å². The van der Waals surface area contributed by atoms with Gasteiger partial charge >= 0.3 is 0 Å². The molecule has 0 unspecified atom stereocenters. The molecule has 2 heterocycles. The van der Waals surface area contributed by atoms with Gasteiger partial charge in [0.1, 0.15) is 5.75 Å². The van der Waals surface area contributed by atoms with Gasteiger partial charge in [-0.3, -0.25) is 0 Å². The number of rotatable bonds is 2. The largest absolute Gasteiger partial charge is 0.439 e. The van der Waals surface area contributed by atoms with Crippen molar-refractivity contribution in [3.05, 3.63) is 35.5 Å². The molecule has 3 rings (SSSR count). The molecule has 1 aliphatic heterocycles. The Morgan fingerprint density at radius 3 is 3.00 bits per heavy atom.